The van der Waals surface area contributed by atoms with E-state index in [-0.39, 0.29) is 17.2 Å². The number of nitrogens with zero attached hydrogens (tertiary/aromatic N) is 1. The van der Waals surface area contributed by atoms with Crippen LogP contribution in [0.4, 0.5) is 5.69 Å². The van der Waals surface area contributed by atoms with E-state index >= 15 is 0 Å². The van der Waals surface area contributed by atoms with E-state index in [2.05, 4.69) is 13.8 Å². The molecule has 0 spiro atoms. The van der Waals surface area contributed by atoms with E-state index in [1.165, 1.54) is 12.2 Å². The minimum atomic E-state index is -0.395. The number of ether oxygens (including phenoxy) is 2. The van der Waals surface area contributed by atoms with Gasteiger partial charge in [-0.25, -0.2) is 9.69 Å². The molecule has 6 nitrogen and oxygen atoms in total. The van der Waals surface area contributed by atoms with Crippen molar-refractivity contribution in [2.45, 2.75) is 58.5 Å². The normalized spacial score (nSPS) is 23.4. The van der Waals surface area contributed by atoms with Crippen LogP contribution in [-0.2, 0) is 19.1 Å². The highest BCUT2D eigenvalue weighted by Crippen LogP contribution is 2.45. The number of benzene rings is 1. The summed E-state index contributed by atoms with van der Waals surface area (Å²) >= 11 is 0. The van der Waals surface area contributed by atoms with Crippen molar-refractivity contribution in [2.24, 2.45) is 5.41 Å². The van der Waals surface area contributed by atoms with Crippen molar-refractivity contribution in [3.8, 4) is 0 Å². The number of amides is 2. The van der Waals surface area contributed by atoms with Crippen LogP contribution in [-0.4, -0.2) is 37.1 Å². The van der Waals surface area contributed by atoms with E-state index in [1.54, 1.807) is 24.3 Å². The minimum absolute atomic E-state index is 0.238. The Hall–Kier alpha value is -2.47. The molecule has 2 aliphatic heterocycles. The fraction of sp³-hybridized carbons (Fsp3) is 0.522. The molecule has 1 aromatic rings. The zero-order valence-electron chi connectivity index (χ0n) is 17.2. The molecule has 0 aliphatic carbocycles. The van der Waals surface area contributed by atoms with E-state index < -0.39 is 5.97 Å². The number of hydrogen-bond donors (Lipinski definition) is 0. The van der Waals surface area contributed by atoms with Crippen molar-refractivity contribution in [3.05, 3.63) is 42.0 Å². The van der Waals surface area contributed by atoms with Gasteiger partial charge in [-0.3, -0.25) is 9.59 Å². The van der Waals surface area contributed by atoms with Gasteiger partial charge in [0, 0.05) is 17.6 Å². The predicted molar refractivity (Wildman–Crippen MR) is 110 cm³/mol. The zero-order chi connectivity index (χ0) is 20.9. The highest BCUT2D eigenvalue weighted by Gasteiger charge is 2.46. The van der Waals surface area contributed by atoms with Gasteiger partial charge >= 0.3 is 5.97 Å². The molecule has 2 heterocycles. The number of esters is 1. The van der Waals surface area contributed by atoms with Gasteiger partial charge in [0.2, 0.25) is 0 Å². The van der Waals surface area contributed by atoms with Crippen LogP contribution < -0.4 is 4.90 Å². The summed E-state index contributed by atoms with van der Waals surface area (Å²) in [5.41, 5.74) is 1.08. The van der Waals surface area contributed by atoms with Crippen molar-refractivity contribution in [1.82, 2.24) is 0 Å². The lowest BCUT2D eigenvalue weighted by atomic mass is 9.70. The van der Waals surface area contributed by atoms with Crippen LogP contribution in [0.3, 0.4) is 0 Å². The first-order valence-corrected chi connectivity index (χ1v) is 10.5. The molecule has 2 unspecified atom stereocenters. The van der Waals surface area contributed by atoms with Crippen LogP contribution in [0.1, 0.15) is 62.7 Å². The zero-order valence-corrected chi connectivity index (χ0v) is 17.2. The maximum atomic E-state index is 12.3. The Morgan fingerprint density at radius 1 is 1.10 bits per heavy atom. The third-order valence-corrected chi connectivity index (χ3v) is 5.78. The number of carbonyl (C=O) groups excluding carboxylic acids is 3. The number of anilines is 1. The number of hydrogen-bond acceptors (Lipinski definition) is 5. The summed E-state index contributed by atoms with van der Waals surface area (Å²) in [5, 5.41) is 0. The van der Waals surface area contributed by atoms with Gasteiger partial charge in [0.05, 0.1) is 30.6 Å². The smallest absolute Gasteiger partial charge is 0.338 e. The maximum Gasteiger partial charge on any atom is 0.338 e. The molecular formula is C23H29NO5. The minimum Gasteiger partial charge on any atom is -0.462 e. The first-order valence-electron chi connectivity index (χ1n) is 10.5. The van der Waals surface area contributed by atoms with Gasteiger partial charge in [0.1, 0.15) is 0 Å². The highest BCUT2D eigenvalue weighted by atomic mass is 16.5. The number of imide groups is 1. The third-order valence-electron chi connectivity index (χ3n) is 5.78. The van der Waals surface area contributed by atoms with Gasteiger partial charge in [-0.1, -0.05) is 26.7 Å². The van der Waals surface area contributed by atoms with Crippen molar-refractivity contribution >= 4 is 23.5 Å². The summed E-state index contributed by atoms with van der Waals surface area (Å²) in [6.07, 6.45) is 9.10. The van der Waals surface area contributed by atoms with Crippen LogP contribution in [0.25, 0.3) is 0 Å². The average molecular weight is 399 g/mol. The third kappa shape index (κ3) is 4.58. The van der Waals surface area contributed by atoms with Crippen LogP contribution in [0.15, 0.2) is 36.4 Å². The monoisotopic (exact) mass is 399 g/mol. The maximum absolute atomic E-state index is 12.3. The Labute approximate surface area is 171 Å². The molecule has 0 bridgehead atoms. The molecule has 2 aliphatic rings. The Bertz CT molecular complexity index is 767. The quantitative estimate of drug-likeness (QED) is 0.337. The summed E-state index contributed by atoms with van der Waals surface area (Å²) in [7, 11) is 0. The Kier molecular flexibility index (Phi) is 6.85. The SMILES string of the molecule is CCCC1OCC1(CCC)CCCOC(=O)c1ccc(N2C(=O)C=CC2=O)cc1. The van der Waals surface area contributed by atoms with E-state index in [1.807, 2.05) is 0 Å². The molecule has 0 saturated carbocycles. The molecule has 2 amide bonds. The highest BCUT2D eigenvalue weighted by molar-refractivity contribution is 6.28. The second-order valence-electron chi connectivity index (χ2n) is 7.83. The largest absolute Gasteiger partial charge is 0.462 e. The standard InChI is InChI=1S/C23H29NO5/c1-3-6-19-23(13-4-2,16-29-19)14-5-15-28-22(27)17-7-9-18(10-8-17)24-20(25)11-12-21(24)26/h7-12,19H,3-6,13-16H2,1-2H3. The summed E-state index contributed by atoms with van der Waals surface area (Å²) in [6, 6.07) is 6.31. The second-order valence-corrected chi connectivity index (χ2v) is 7.83. The molecule has 1 aromatic carbocycles. The molecule has 6 heteroatoms. The molecule has 156 valence electrons. The number of carbonyl (C=O) groups is 3. The van der Waals surface area contributed by atoms with Gasteiger partial charge in [0.15, 0.2) is 0 Å². The van der Waals surface area contributed by atoms with Crippen LogP contribution in [0.5, 0.6) is 0 Å². The van der Waals surface area contributed by atoms with Crippen LogP contribution >= 0.6 is 0 Å². The van der Waals surface area contributed by atoms with Gasteiger partial charge in [-0.15, -0.1) is 0 Å². The van der Waals surface area contributed by atoms with Crippen molar-refractivity contribution in [2.75, 3.05) is 18.1 Å². The van der Waals surface area contributed by atoms with Crippen LogP contribution in [0.2, 0.25) is 0 Å². The lowest BCUT2D eigenvalue weighted by molar-refractivity contribution is -0.198. The molecule has 1 fully saturated rings. The molecule has 1 saturated heterocycles. The Morgan fingerprint density at radius 3 is 2.34 bits per heavy atom. The molecule has 2 atom stereocenters. The van der Waals surface area contributed by atoms with Crippen molar-refractivity contribution in [3.63, 3.8) is 0 Å². The first-order chi connectivity index (χ1) is 14.0. The van der Waals surface area contributed by atoms with Gasteiger partial charge in [-0.05, 0) is 49.9 Å². The van der Waals surface area contributed by atoms with Crippen molar-refractivity contribution in [1.29, 1.82) is 0 Å². The Morgan fingerprint density at radius 2 is 1.79 bits per heavy atom. The molecule has 3 rings (SSSR count). The van der Waals surface area contributed by atoms with Crippen molar-refractivity contribution < 1.29 is 23.9 Å². The summed E-state index contributed by atoms with van der Waals surface area (Å²) < 4.78 is 11.2. The van der Waals surface area contributed by atoms with E-state index in [9.17, 15) is 14.4 Å². The van der Waals surface area contributed by atoms with Gasteiger partial charge in [-0.2, -0.15) is 0 Å². The van der Waals surface area contributed by atoms with Gasteiger partial charge < -0.3 is 9.47 Å². The average Bonchev–Trinajstić information content (AvgIpc) is 3.05. The Balaban J connectivity index is 1.48. The summed E-state index contributed by atoms with van der Waals surface area (Å²) in [6.45, 7) is 5.56. The van der Waals surface area contributed by atoms with E-state index in [0.717, 1.165) is 50.0 Å². The molecular weight excluding hydrogens is 370 g/mol. The van der Waals surface area contributed by atoms with E-state index in [4.69, 9.17) is 9.47 Å². The topological polar surface area (TPSA) is 72.9 Å². The molecule has 0 radical (unpaired) electrons. The fourth-order valence-electron chi connectivity index (χ4n) is 4.25. The fourth-order valence-corrected chi connectivity index (χ4v) is 4.25. The molecule has 29 heavy (non-hydrogen) atoms. The van der Waals surface area contributed by atoms with Crippen LogP contribution in [0, 0.1) is 5.41 Å². The van der Waals surface area contributed by atoms with E-state index in [0.29, 0.717) is 24.0 Å². The molecule has 0 N–H and O–H groups in total. The second kappa shape index (κ2) is 9.35. The molecule has 0 aromatic heterocycles. The predicted octanol–water partition coefficient (Wildman–Crippen LogP) is 4.04. The summed E-state index contributed by atoms with van der Waals surface area (Å²) in [4.78, 5) is 36.8. The number of rotatable bonds is 10. The summed E-state index contributed by atoms with van der Waals surface area (Å²) in [5.74, 6) is -1.16. The lowest BCUT2D eigenvalue weighted by Gasteiger charge is -2.50. The first kappa shape index (κ1) is 21.2. The lowest BCUT2D eigenvalue weighted by Crippen LogP contribution is -2.51. The van der Waals surface area contributed by atoms with Gasteiger partial charge in [0.25, 0.3) is 11.8 Å².